The SMILES string of the molecule is Cc1cc(OCC2CCOC2)ccc1NC(=O)ON1CCN(c2nc(N)nc3scnc23)[C@@H](C)C1. The van der Waals surface area contributed by atoms with Crippen LogP contribution in [-0.4, -0.2) is 71.6 Å². The van der Waals surface area contributed by atoms with Crippen molar-refractivity contribution >= 4 is 45.2 Å². The Hall–Kier alpha value is -3.22. The van der Waals surface area contributed by atoms with Crippen LogP contribution >= 0.6 is 11.3 Å². The standard InChI is InChI=1S/C23H29N7O4S/c1-14-9-17(33-12-16-5-8-32-11-16)3-4-18(14)26-23(31)34-29-6-7-30(15(2)10-29)20-19-21(35-13-25-19)28-22(24)27-20/h3-4,9,13,15-16H,5-8,10-12H2,1-2H3,(H,26,31)(H2,24,27,28)/t15-,16?/m0/s1. The molecule has 1 unspecified atom stereocenters. The molecule has 1 aromatic carbocycles. The zero-order valence-corrected chi connectivity index (χ0v) is 20.6. The number of fused-ring (bicyclic) bond motifs is 1. The van der Waals surface area contributed by atoms with Gasteiger partial charge in [0.2, 0.25) is 5.95 Å². The number of nitrogens with one attached hydrogen (secondary N) is 1. The third-order valence-electron chi connectivity index (χ3n) is 6.22. The maximum atomic E-state index is 12.6. The van der Waals surface area contributed by atoms with E-state index >= 15 is 0 Å². The topological polar surface area (TPSA) is 128 Å². The van der Waals surface area contributed by atoms with Gasteiger partial charge in [0.15, 0.2) is 10.6 Å². The highest BCUT2D eigenvalue weighted by atomic mass is 32.1. The van der Waals surface area contributed by atoms with Crippen molar-refractivity contribution in [2.45, 2.75) is 26.3 Å². The van der Waals surface area contributed by atoms with Crippen LogP contribution in [0.3, 0.4) is 0 Å². The molecule has 0 radical (unpaired) electrons. The van der Waals surface area contributed by atoms with E-state index in [1.165, 1.54) is 11.3 Å². The van der Waals surface area contributed by atoms with E-state index in [9.17, 15) is 4.79 Å². The van der Waals surface area contributed by atoms with Crippen molar-refractivity contribution in [2.24, 2.45) is 5.92 Å². The summed E-state index contributed by atoms with van der Waals surface area (Å²) in [6.07, 6.45) is 0.498. The van der Waals surface area contributed by atoms with Crippen molar-refractivity contribution in [2.75, 3.05) is 55.4 Å². The minimum Gasteiger partial charge on any atom is -0.493 e. The molecule has 0 aliphatic carbocycles. The molecule has 0 saturated carbocycles. The number of hydrogen-bond donors (Lipinski definition) is 2. The average Bonchev–Trinajstić information content (AvgIpc) is 3.51. The fourth-order valence-electron chi connectivity index (χ4n) is 4.33. The molecule has 3 N–H and O–H groups in total. The van der Waals surface area contributed by atoms with Crippen LogP contribution in [0.4, 0.5) is 22.2 Å². The van der Waals surface area contributed by atoms with Crippen LogP contribution in [0.1, 0.15) is 18.9 Å². The van der Waals surface area contributed by atoms with Gasteiger partial charge in [-0.1, -0.05) is 0 Å². The lowest BCUT2D eigenvalue weighted by Crippen LogP contribution is -2.53. The molecule has 11 nitrogen and oxygen atoms in total. The molecule has 35 heavy (non-hydrogen) atoms. The summed E-state index contributed by atoms with van der Waals surface area (Å²) in [4.78, 5) is 34.1. The highest BCUT2D eigenvalue weighted by Gasteiger charge is 2.29. The summed E-state index contributed by atoms with van der Waals surface area (Å²) < 4.78 is 11.3. The number of hydroxylamine groups is 2. The molecule has 3 aromatic rings. The Labute approximate surface area is 207 Å². The number of carbonyl (C=O) groups excluding carboxylic acids is 1. The Bertz CT molecular complexity index is 1200. The van der Waals surface area contributed by atoms with E-state index in [-0.39, 0.29) is 12.0 Å². The fourth-order valence-corrected chi connectivity index (χ4v) is 4.99. The molecule has 12 heteroatoms. The first-order chi connectivity index (χ1) is 17.0. The van der Waals surface area contributed by atoms with Crippen LogP contribution in [0, 0.1) is 12.8 Å². The summed E-state index contributed by atoms with van der Waals surface area (Å²) in [5.41, 5.74) is 9.95. The van der Waals surface area contributed by atoms with Gasteiger partial charge in [-0.15, -0.1) is 16.4 Å². The second-order valence-corrected chi connectivity index (χ2v) is 9.70. The van der Waals surface area contributed by atoms with E-state index < -0.39 is 6.09 Å². The van der Waals surface area contributed by atoms with Gasteiger partial charge in [0.25, 0.3) is 0 Å². The predicted octanol–water partition coefficient (Wildman–Crippen LogP) is 3.07. The highest BCUT2D eigenvalue weighted by Crippen LogP contribution is 2.29. The number of anilines is 3. The van der Waals surface area contributed by atoms with Crippen molar-refractivity contribution < 1.29 is 19.1 Å². The molecule has 4 heterocycles. The molecule has 186 valence electrons. The maximum Gasteiger partial charge on any atom is 0.430 e. The number of ether oxygens (including phenoxy) is 2. The number of nitrogens with two attached hydrogens (primary N) is 1. The maximum absolute atomic E-state index is 12.6. The molecule has 2 aromatic heterocycles. The first-order valence-corrected chi connectivity index (χ1v) is 12.5. The molecule has 2 atom stereocenters. The van der Waals surface area contributed by atoms with Crippen LogP contribution in [0.2, 0.25) is 0 Å². The summed E-state index contributed by atoms with van der Waals surface area (Å²) in [6.45, 7) is 7.79. The van der Waals surface area contributed by atoms with Crippen molar-refractivity contribution in [3.63, 3.8) is 0 Å². The number of benzene rings is 1. The molecule has 0 bridgehead atoms. The molecule has 2 saturated heterocycles. The van der Waals surface area contributed by atoms with Crippen LogP contribution in [0.5, 0.6) is 5.75 Å². The number of piperazine rings is 1. The van der Waals surface area contributed by atoms with Gasteiger partial charge in [-0.05, 0) is 44.0 Å². The van der Waals surface area contributed by atoms with Gasteiger partial charge in [0, 0.05) is 30.8 Å². The number of carbonyl (C=O) groups is 1. The number of thiazole rings is 1. The predicted molar refractivity (Wildman–Crippen MR) is 134 cm³/mol. The Kier molecular flexibility index (Phi) is 6.84. The molecular weight excluding hydrogens is 470 g/mol. The number of aromatic nitrogens is 3. The van der Waals surface area contributed by atoms with E-state index in [2.05, 4.69) is 25.2 Å². The van der Waals surface area contributed by atoms with Crippen molar-refractivity contribution in [1.82, 2.24) is 20.0 Å². The largest absolute Gasteiger partial charge is 0.493 e. The first kappa shape index (κ1) is 23.5. The van der Waals surface area contributed by atoms with Gasteiger partial charge in [0.1, 0.15) is 11.3 Å². The van der Waals surface area contributed by atoms with Crippen LogP contribution in [-0.2, 0) is 9.57 Å². The van der Waals surface area contributed by atoms with Crippen LogP contribution < -0.4 is 20.7 Å². The van der Waals surface area contributed by atoms with E-state index in [4.69, 9.17) is 20.0 Å². The molecule has 2 aliphatic heterocycles. The summed E-state index contributed by atoms with van der Waals surface area (Å²) in [5.74, 6) is 2.15. The van der Waals surface area contributed by atoms with E-state index in [1.54, 1.807) is 10.6 Å². The molecule has 2 fully saturated rings. The Morgan fingerprint density at radius 3 is 3.00 bits per heavy atom. The highest BCUT2D eigenvalue weighted by molar-refractivity contribution is 7.16. The Morgan fingerprint density at radius 1 is 1.34 bits per heavy atom. The lowest BCUT2D eigenvalue weighted by Gasteiger charge is -2.39. The van der Waals surface area contributed by atoms with Gasteiger partial charge in [-0.3, -0.25) is 5.32 Å². The van der Waals surface area contributed by atoms with Gasteiger partial charge < -0.3 is 24.9 Å². The fraction of sp³-hybridized carbons (Fsp3) is 0.478. The van der Waals surface area contributed by atoms with Crippen LogP contribution in [0.25, 0.3) is 10.3 Å². The minimum atomic E-state index is -0.529. The quantitative estimate of drug-likeness (QED) is 0.522. The minimum absolute atomic E-state index is 0.0270. The Balaban J connectivity index is 1.15. The van der Waals surface area contributed by atoms with Gasteiger partial charge in [-0.25, -0.2) is 14.8 Å². The monoisotopic (exact) mass is 499 g/mol. The normalized spacial score (nSPS) is 20.8. The number of amides is 1. The first-order valence-electron chi connectivity index (χ1n) is 11.6. The molecule has 0 spiro atoms. The van der Waals surface area contributed by atoms with Crippen molar-refractivity contribution in [1.29, 1.82) is 0 Å². The van der Waals surface area contributed by atoms with Gasteiger partial charge in [-0.2, -0.15) is 4.98 Å². The zero-order valence-electron chi connectivity index (χ0n) is 19.8. The second kappa shape index (κ2) is 10.2. The van der Waals surface area contributed by atoms with E-state index in [0.717, 1.165) is 41.3 Å². The number of rotatable bonds is 6. The Morgan fingerprint density at radius 2 is 2.23 bits per heavy atom. The lowest BCUT2D eigenvalue weighted by atomic mass is 10.1. The third kappa shape index (κ3) is 5.39. The average molecular weight is 500 g/mol. The van der Waals surface area contributed by atoms with Crippen molar-refractivity contribution in [3.05, 3.63) is 29.3 Å². The summed E-state index contributed by atoms with van der Waals surface area (Å²) >= 11 is 1.43. The molecular formula is C23H29N7O4S. The third-order valence-corrected chi connectivity index (χ3v) is 6.93. The number of hydrogen-bond acceptors (Lipinski definition) is 11. The smallest absolute Gasteiger partial charge is 0.430 e. The number of aryl methyl sites for hydroxylation is 1. The summed E-state index contributed by atoms with van der Waals surface area (Å²) in [5, 5.41) is 4.49. The molecule has 2 aliphatic rings. The summed E-state index contributed by atoms with van der Waals surface area (Å²) in [6, 6.07) is 5.63. The number of nitrogen functional groups attached to an aromatic ring is 1. The van der Waals surface area contributed by atoms with Gasteiger partial charge in [0.05, 0.1) is 31.8 Å². The van der Waals surface area contributed by atoms with E-state index in [1.807, 2.05) is 32.0 Å². The van der Waals surface area contributed by atoms with E-state index in [0.29, 0.717) is 43.7 Å². The second-order valence-electron chi connectivity index (χ2n) is 8.86. The zero-order chi connectivity index (χ0) is 24.4. The van der Waals surface area contributed by atoms with Gasteiger partial charge >= 0.3 is 6.09 Å². The van der Waals surface area contributed by atoms with Crippen LogP contribution in [0.15, 0.2) is 23.7 Å². The lowest BCUT2D eigenvalue weighted by molar-refractivity contribution is -0.103. The molecule has 5 rings (SSSR count). The van der Waals surface area contributed by atoms with Crippen molar-refractivity contribution in [3.8, 4) is 5.75 Å². The molecule has 1 amide bonds. The summed E-state index contributed by atoms with van der Waals surface area (Å²) in [7, 11) is 0. The number of nitrogens with zero attached hydrogens (tertiary/aromatic N) is 5.